The zero-order valence-electron chi connectivity index (χ0n) is 6.84. The molecule has 0 amide bonds. The highest BCUT2D eigenvalue weighted by Crippen LogP contribution is 2.16. The molecule has 0 bridgehead atoms. The van der Waals surface area contributed by atoms with Crippen LogP contribution in [0.15, 0.2) is 24.5 Å². The van der Waals surface area contributed by atoms with Crippen molar-refractivity contribution < 1.29 is 9.90 Å². The van der Waals surface area contributed by atoms with E-state index in [4.69, 9.17) is 10.4 Å². The SMILES string of the molecule is N#CC(CC(=O)O)c1cccnc1. The minimum Gasteiger partial charge on any atom is -0.481 e. The van der Waals surface area contributed by atoms with Crippen molar-refractivity contribution in [2.75, 3.05) is 0 Å². The molecule has 4 nitrogen and oxygen atoms in total. The van der Waals surface area contributed by atoms with Crippen LogP contribution in [0.25, 0.3) is 0 Å². The van der Waals surface area contributed by atoms with Gasteiger partial charge in [0.05, 0.1) is 18.4 Å². The van der Waals surface area contributed by atoms with Gasteiger partial charge >= 0.3 is 5.97 Å². The second kappa shape index (κ2) is 4.21. The Labute approximate surface area is 75.5 Å². The predicted octanol–water partition coefficient (Wildman–Crippen LogP) is 1.16. The number of nitrogens with zero attached hydrogens (tertiary/aromatic N) is 2. The first-order valence-corrected chi connectivity index (χ1v) is 3.75. The number of aromatic nitrogens is 1. The van der Waals surface area contributed by atoms with E-state index in [0.717, 1.165) is 0 Å². The van der Waals surface area contributed by atoms with E-state index in [0.29, 0.717) is 5.56 Å². The summed E-state index contributed by atoms with van der Waals surface area (Å²) in [5.74, 6) is -1.58. The molecule has 1 rings (SSSR count). The Balaban J connectivity index is 2.80. The lowest BCUT2D eigenvalue weighted by molar-refractivity contribution is -0.137. The molecule has 1 N–H and O–H groups in total. The Kier molecular flexibility index (Phi) is 2.98. The third kappa shape index (κ3) is 2.56. The summed E-state index contributed by atoms with van der Waals surface area (Å²) >= 11 is 0. The predicted molar refractivity (Wildman–Crippen MR) is 44.8 cm³/mol. The number of aliphatic carboxylic acids is 1. The van der Waals surface area contributed by atoms with Crippen molar-refractivity contribution in [3.05, 3.63) is 30.1 Å². The molecule has 66 valence electrons. The average molecular weight is 176 g/mol. The molecule has 13 heavy (non-hydrogen) atoms. The highest BCUT2D eigenvalue weighted by Gasteiger charge is 2.14. The van der Waals surface area contributed by atoms with Gasteiger partial charge in [-0.2, -0.15) is 5.26 Å². The Morgan fingerprint density at radius 2 is 2.54 bits per heavy atom. The summed E-state index contributed by atoms with van der Waals surface area (Å²) in [6.07, 6.45) is 2.91. The fourth-order valence-corrected chi connectivity index (χ4v) is 0.995. The van der Waals surface area contributed by atoms with E-state index in [-0.39, 0.29) is 6.42 Å². The Hall–Kier alpha value is -1.89. The van der Waals surface area contributed by atoms with E-state index in [2.05, 4.69) is 4.98 Å². The van der Waals surface area contributed by atoms with E-state index in [1.54, 1.807) is 18.3 Å². The number of carboxylic acids is 1. The smallest absolute Gasteiger partial charge is 0.305 e. The summed E-state index contributed by atoms with van der Waals surface area (Å²) in [6.45, 7) is 0. The normalized spacial score (nSPS) is 11.6. The summed E-state index contributed by atoms with van der Waals surface area (Å²) in [7, 11) is 0. The maximum Gasteiger partial charge on any atom is 0.305 e. The van der Waals surface area contributed by atoms with Crippen LogP contribution in [0.2, 0.25) is 0 Å². The van der Waals surface area contributed by atoms with E-state index in [9.17, 15) is 4.79 Å². The zero-order valence-corrected chi connectivity index (χ0v) is 6.84. The van der Waals surface area contributed by atoms with Gasteiger partial charge in [-0.15, -0.1) is 0 Å². The molecule has 0 radical (unpaired) electrons. The van der Waals surface area contributed by atoms with Gasteiger partial charge < -0.3 is 5.11 Å². The number of carbonyl (C=O) groups is 1. The van der Waals surface area contributed by atoms with Crippen molar-refractivity contribution in [3.63, 3.8) is 0 Å². The van der Waals surface area contributed by atoms with Crippen LogP contribution < -0.4 is 0 Å². The highest BCUT2D eigenvalue weighted by atomic mass is 16.4. The summed E-state index contributed by atoms with van der Waals surface area (Å²) in [6, 6.07) is 5.31. The highest BCUT2D eigenvalue weighted by molar-refractivity contribution is 5.68. The molecule has 0 saturated heterocycles. The van der Waals surface area contributed by atoms with Gasteiger partial charge in [0.2, 0.25) is 0 Å². The molecule has 1 atom stereocenters. The lowest BCUT2D eigenvalue weighted by atomic mass is 9.99. The van der Waals surface area contributed by atoms with Crippen LogP contribution in [0.3, 0.4) is 0 Å². The molecule has 0 aliphatic heterocycles. The maximum absolute atomic E-state index is 10.4. The first-order valence-electron chi connectivity index (χ1n) is 3.75. The molecule has 0 aromatic carbocycles. The molecule has 4 heteroatoms. The van der Waals surface area contributed by atoms with Gasteiger partial charge in [-0.3, -0.25) is 9.78 Å². The van der Waals surface area contributed by atoms with Crippen LogP contribution in [0, 0.1) is 11.3 Å². The van der Waals surface area contributed by atoms with Crippen LogP contribution in [0.5, 0.6) is 0 Å². The minimum atomic E-state index is -0.976. The van der Waals surface area contributed by atoms with E-state index >= 15 is 0 Å². The third-order valence-electron chi connectivity index (χ3n) is 1.62. The maximum atomic E-state index is 10.4. The monoisotopic (exact) mass is 176 g/mol. The largest absolute Gasteiger partial charge is 0.481 e. The Bertz CT molecular complexity index is 329. The number of nitriles is 1. The number of pyridine rings is 1. The van der Waals surface area contributed by atoms with Gasteiger partial charge in [0.25, 0.3) is 0 Å². The second-order valence-corrected chi connectivity index (χ2v) is 2.57. The Morgan fingerprint density at radius 1 is 1.77 bits per heavy atom. The first kappa shape index (κ1) is 9.20. The quantitative estimate of drug-likeness (QED) is 0.749. The molecule has 0 spiro atoms. The molecule has 1 unspecified atom stereocenters. The van der Waals surface area contributed by atoms with Crippen molar-refractivity contribution in [3.8, 4) is 6.07 Å². The van der Waals surface area contributed by atoms with Crippen LogP contribution in [-0.4, -0.2) is 16.1 Å². The van der Waals surface area contributed by atoms with E-state index < -0.39 is 11.9 Å². The van der Waals surface area contributed by atoms with E-state index in [1.807, 2.05) is 6.07 Å². The van der Waals surface area contributed by atoms with Crippen molar-refractivity contribution in [2.24, 2.45) is 0 Å². The van der Waals surface area contributed by atoms with E-state index in [1.165, 1.54) is 6.20 Å². The van der Waals surface area contributed by atoms with Crippen molar-refractivity contribution in [2.45, 2.75) is 12.3 Å². The minimum absolute atomic E-state index is 0.178. The number of carboxylic acid groups (broad SMARTS) is 1. The van der Waals surface area contributed by atoms with Gasteiger partial charge in [0.1, 0.15) is 0 Å². The second-order valence-electron chi connectivity index (χ2n) is 2.57. The zero-order chi connectivity index (χ0) is 9.68. The van der Waals surface area contributed by atoms with Crippen LogP contribution >= 0.6 is 0 Å². The van der Waals surface area contributed by atoms with Crippen LogP contribution in [0.4, 0.5) is 0 Å². The summed E-state index contributed by atoms with van der Waals surface area (Å²) < 4.78 is 0. The van der Waals surface area contributed by atoms with Gasteiger partial charge in [0.15, 0.2) is 0 Å². The molecule has 1 aromatic rings. The number of rotatable bonds is 3. The average Bonchev–Trinajstić information content (AvgIpc) is 2.15. The molecule has 1 aromatic heterocycles. The fourth-order valence-electron chi connectivity index (χ4n) is 0.995. The van der Waals surface area contributed by atoms with Gasteiger partial charge in [-0.25, -0.2) is 0 Å². The van der Waals surface area contributed by atoms with Crippen LogP contribution in [0.1, 0.15) is 17.9 Å². The molecule has 0 fully saturated rings. The lowest BCUT2D eigenvalue weighted by Crippen LogP contribution is -2.04. The van der Waals surface area contributed by atoms with Gasteiger partial charge in [0, 0.05) is 12.4 Å². The summed E-state index contributed by atoms with van der Waals surface area (Å²) in [4.78, 5) is 14.2. The van der Waals surface area contributed by atoms with Gasteiger partial charge in [-0.05, 0) is 11.6 Å². The molecular formula is C9H8N2O2. The van der Waals surface area contributed by atoms with Crippen molar-refractivity contribution in [1.29, 1.82) is 5.26 Å². The third-order valence-corrected chi connectivity index (χ3v) is 1.62. The van der Waals surface area contributed by atoms with Crippen molar-refractivity contribution in [1.82, 2.24) is 4.98 Å². The Morgan fingerprint density at radius 3 is 3.00 bits per heavy atom. The van der Waals surface area contributed by atoms with Gasteiger partial charge in [-0.1, -0.05) is 6.07 Å². The lowest BCUT2D eigenvalue weighted by Gasteiger charge is -2.04. The molecule has 1 heterocycles. The summed E-state index contributed by atoms with van der Waals surface area (Å²) in [5, 5.41) is 17.2. The number of hydrogen-bond donors (Lipinski definition) is 1. The topological polar surface area (TPSA) is 74.0 Å². The number of hydrogen-bond acceptors (Lipinski definition) is 3. The van der Waals surface area contributed by atoms with Crippen LogP contribution in [-0.2, 0) is 4.79 Å². The molecule has 0 aliphatic rings. The standard InChI is InChI=1S/C9H8N2O2/c10-5-8(4-9(12)13)7-2-1-3-11-6-7/h1-3,6,8H,4H2,(H,12,13). The first-order chi connectivity index (χ1) is 6.24. The fraction of sp³-hybridized carbons (Fsp3) is 0.222. The molecule has 0 saturated carbocycles. The van der Waals surface area contributed by atoms with Crippen molar-refractivity contribution >= 4 is 5.97 Å². The summed E-state index contributed by atoms with van der Waals surface area (Å²) in [5.41, 5.74) is 0.646. The molecular weight excluding hydrogens is 168 g/mol. The molecule has 0 aliphatic carbocycles.